The third-order valence-electron chi connectivity index (χ3n) is 6.90. The summed E-state index contributed by atoms with van der Waals surface area (Å²) in [6, 6.07) is 11.1. The van der Waals surface area contributed by atoms with Crippen molar-refractivity contribution in [1.29, 1.82) is 0 Å². The quantitative estimate of drug-likeness (QED) is 0.691. The third-order valence-corrected chi connectivity index (χ3v) is 6.90. The zero-order chi connectivity index (χ0) is 20.3. The van der Waals surface area contributed by atoms with Crippen LogP contribution in [0.1, 0.15) is 63.4 Å². The van der Waals surface area contributed by atoms with Crippen molar-refractivity contribution in [1.82, 2.24) is 4.98 Å². The SMILES string of the molecule is O=C1CCc2cnc(Nc3ccc(N4CCCC4)cc3)cc2N1C1CCCCCC1. The molecular formula is C25H32N4O. The van der Waals surface area contributed by atoms with Crippen molar-refractivity contribution in [2.75, 3.05) is 28.2 Å². The fourth-order valence-electron chi connectivity index (χ4n) is 5.25. The number of fused-ring (bicyclic) bond motifs is 1. The number of aryl methyl sites for hydroxylation is 1. The number of carbonyl (C=O) groups excluding carboxylic acids is 1. The Labute approximate surface area is 179 Å². The molecule has 1 N–H and O–H groups in total. The summed E-state index contributed by atoms with van der Waals surface area (Å²) in [5, 5.41) is 3.45. The summed E-state index contributed by atoms with van der Waals surface area (Å²) in [7, 11) is 0. The van der Waals surface area contributed by atoms with Crippen LogP contribution in [0.5, 0.6) is 0 Å². The summed E-state index contributed by atoms with van der Waals surface area (Å²) in [5.74, 6) is 1.09. The number of hydrogen-bond donors (Lipinski definition) is 1. The molecule has 0 bridgehead atoms. The molecule has 1 aromatic carbocycles. The topological polar surface area (TPSA) is 48.5 Å². The Balaban J connectivity index is 1.36. The highest BCUT2D eigenvalue weighted by atomic mass is 16.2. The van der Waals surface area contributed by atoms with Crippen LogP contribution in [0, 0.1) is 0 Å². The highest BCUT2D eigenvalue weighted by Gasteiger charge is 2.31. The number of benzene rings is 1. The van der Waals surface area contributed by atoms with E-state index in [0.29, 0.717) is 12.5 Å². The van der Waals surface area contributed by atoms with Crippen LogP contribution < -0.4 is 15.1 Å². The molecule has 3 heterocycles. The second kappa shape index (κ2) is 8.66. The second-order valence-corrected chi connectivity index (χ2v) is 8.97. The molecule has 0 spiro atoms. The van der Waals surface area contributed by atoms with Gasteiger partial charge in [-0.2, -0.15) is 0 Å². The van der Waals surface area contributed by atoms with Gasteiger partial charge in [0.05, 0.1) is 5.69 Å². The second-order valence-electron chi connectivity index (χ2n) is 8.97. The van der Waals surface area contributed by atoms with Crippen molar-refractivity contribution in [3.63, 3.8) is 0 Å². The Kier molecular flexibility index (Phi) is 5.60. The number of amides is 1. The highest BCUT2D eigenvalue weighted by molar-refractivity contribution is 5.97. The van der Waals surface area contributed by atoms with E-state index in [1.165, 1.54) is 49.8 Å². The first-order valence-corrected chi connectivity index (χ1v) is 11.7. The van der Waals surface area contributed by atoms with Crippen molar-refractivity contribution < 1.29 is 4.79 Å². The number of hydrogen-bond acceptors (Lipinski definition) is 4. The van der Waals surface area contributed by atoms with E-state index in [9.17, 15) is 4.79 Å². The minimum atomic E-state index is 0.279. The first-order chi connectivity index (χ1) is 14.8. The molecule has 5 rings (SSSR count). The third kappa shape index (κ3) is 4.03. The summed E-state index contributed by atoms with van der Waals surface area (Å²) in [6.45, 7) is 2.31. The van der Waals surface area contributed by atoms with Gasteiger partial charge < -0.3 is 15.1 Å². The maximum atomic E-state index is 12.9. The lowest BCUT2D eigenvalue weighted by atomic mass is 9.98. The summed E-state index contributed by atoms with van der Waals surface area (Å²) in [6.07, 6.45) is 13.2. The predicted octanol–water partition coefficient (Wildman–Crippen LogP) is 5.43. The van der Waals surface area contributed by atoms with Crippen LogP contribution >= 0.6 is 0 Å². The normalized spacial score (nSPS) is 20.2. The maximum absolute atomic E-state index is 12.9. The minimum absolute atomic E-state index is 0.279. The number of rotatable bonds is 4. The van der Waals surface area contributed by atoms with Crippen LogP contribution in [-0.4, -0.2) is 30.0 Å². The van der Waals surface area contributed by atoms with Crippen molar-refractivity contribution in [3.8, 4) is 0 Å². The summed E-state index contributed by atoms with van der Waals surface area (Å²) >= 11 is 0. The van der Waals surface area contributed by atoms with Crippen molar-refractivity contribution in [2.45, 2.75) is 70.3 Å². The number of anilines is 4. The molecule has 158 valence electrons. The first kappa shape index (κ1) is 19.4. The van der Waals surface area contributed by atoms with Gasteiger partial charge in [-0.25, -0.2) is 4.98 Å². The monoisotopic (exact) mass is 404 g/mol. The molecule has 2 aromatic rings. The van der Waals surface area contributed by atoms with Gasteiger partial charge in [0.25, 0.3) is 0 Å². The molecule has 2 fully saturated rings. The molecule has 1 aliphatic carbocycles. The minimum Gasteiger partial charge on any atom is -0.372 e. The lowest BCUT2D eigenvalue weighted by Crippen LogP contribution is -2.43. The van der Waals surface area contributed by atoms with E-state index in [1.807, 2.05) is 6.20 Å². The summed E-state index contributed by atoms with van der Waals surface area (Å²) in [4.78, 5) is 22.1. The molecule has 1 saturated heterocycles. The molecule has 0 radical (unpaired) electrons. The van der Waals surface area contributed by atoms with Crippen molar-refractivity contribution >= 4 is 28.8 Å². The zero-order valence-electron chi connectivity index (χ0n) is 17.8. The van der Waals surface area contributed by atoms with Crippen molar-refractivity contribution in [3.05, 3.63) is 42.1 Å². The van der Waals surface area contributed by atoms with Gasteiger partial charge in [-0.15, -0.1) is 0 Å². The lowest BCUT2D eigenvalue weighted by Gasteiger charge is -2.36. The van der Waals surface area contributed by atoms with E-state index in [0.717, 1.165) is 49.5 Å². The molecule has 1 saturated carbocycles. The number of carbonyl (C=O) groups is 1. The van der Waals surface area contributed by atoms with Gasteiger partial charge in [0.1, 0.15) is 5.82 Å². The number of nitrogens with zero attached hydrogens (tertiary/aromatic N) is 3. The molecule has 3 aliphatic rings. The largest absolute Gasteiger partial charge is 0.372 e. The molecule has 5 nitrogen and oxygen atoms in total. The van der Waals surface area contributed by atoms with Gasteiger partial charge in [0.2, 0.25) is 5.91 Å². The van der Waals surface area contributed by atoms with Crippen LogP contribution in [0.3, 0.4) is 0 Å². The lowest BCUT2D eigenvalue weighted by molar-refractivity contribution is -0.119. The van der Waals surface area contributed by atoms with Gasteiger partial charge in [-0.3, -0.25) is 4.79 Å². The standard InChI is InChI=1S/C25H32N4O/c30-25-14-9-19-18-26-24(17-23(19)29(25)22-7-3-1-2-4-8-22)27-20-10-12-21(13-11-20)28-15-5-6-16-28/h10-13,17-18,22H,1-9,14-16H2,(H,26,27). The van der Waals surface area contributed by atoms with Crippen LogP contribution in [0.15, 0.2) is 36.5 Å². The molecular weight excluding hydrogens is 372 g/mol. The molecule has 2 aliphatic heterocycles. The van der Waals surface area contributed by atoms with Gasteiger partial charge >= 0.3 is 0 Å². The number of nitrogens with one attached hydrogen (secondary N) is 1. The van der Waals surface area contributed by atoms with E-state index < -0.39 is 0 Å². The summed E-state index contributed by atoms with van der Waals surface area (Å²) < 4.78 is 0. The molecule has 30 heavy (non-hydrogen) atoms. The fourth-order valence-corrected chi connectivity index (χ4v) is 5.25. The Bertz CT molecular complexity index is 881. The van der Waals surface area contributed by atoms with E-state index >= 15 is 0 Å². The van der Waals surface area contributed by atoms with E-state index in [-0.39, 0.29) is 5.91 Å². The fraction of sp³-hybridized carbons (Fsp3) is 0.520. The molecule has 1 amide bonds. The highest BCUT2D eigenvalue weighted by Crippen LogP contribution is 2.35. The van der Waals surface area contributed by atoms with E-state index in [2.05, 4.69) is 50.4 Å². The number of pyridine rings is 1. The van der Waals surface area contributed by atoms with E-state index in [4.69, 9.17) is 0 Å². The first-order valence-electron chi connectivity index (χ1n) is 11.7. The van der Waals surface area contributed by atoms with Gasteiger partial charge in [-0.1, -0.05) is 25.7 Å². The predicted molar refractivity (Wildman–Crippen MR) is 123 cm³/mol. The van der Waals surface area contributed by atoms with Gasteiger partial charge in [0, 0.05) is 49.2 Å². The van der Waals surface area contributed by atoms with Crippen LogP contribution in [0.4, 0.5) is 22.9 Å². The van der Waals surface area contributed by atoms with E-state index in [1.54, 1.807) is 0 Å². The Morgan fingerprint density at radius 1 is 0.900 bits per heavy atom. The van der Waals surface area contributed by atoms with Crippen molar-refractivity contribution in [2.24, 2.45) is 0 Å². The maximum Gasteiger partial charge on any atom is 0.227 e. The Morgan fingerprint density at radius 3 is 2.37 bits per heavy atom. The van der Waals surface area contributed by atoms with Gasteiger partial charge in [-0.05, 0) is 61.9 Å². The zero-order valence-corrected chi connectivity index (χ0v) is 17.8. The van der Waals surface area contributed by atoms with Crippen LogP contribution in [0.25, 0.3) is 0 Å². The molecule has 5 heteroatoms. The van der Waals surface area contributed by atoms with Crippen LogP contribution in [-0.2, 0) is 11.2 Å². The summed E-state index contributed by atoms with van der Waals surface area (Å²) in [5.41, 5.74) is 4.60. The Hall–Kier alpha value is -2.56. The smallest absolute Gasteiger partial charge is 0.227 e. The average molecular weight is 405 g/mol. The molecule has 1 aromatic heterocycles. The average Bonchev–Trinajstić information content (AvgIpc) is 3.18. The molecule has 0 unspecified atom stereocenters. The Morgan fingerprint density at radius 2 is 1.63 bits per heavy atom. The van der Waals surface area contributed by atoms with Gasteiger partial charge in [0.15, 0.2) is 0 Å². The van der Waals surface area contributed by atoms with Crippen LogP contribution in [0.2, 0.25) is 0 Å². The molecule has 0 atom stereocenters. The number of aromatic nitrogens is 1.